The van der Waals surface area contributed by atoms with Gasteiger partial charge >= 0.3 is 0 Å². The topological polar surface area (TPSA) is 115 Å². The maximum atomic E-state index is 14.0. The first-order valence-corrected chi connectivity index (χ1v) is 17.3. The Kier molecular flexibility index (Phi) is 7.24. The van der Waals surface area contributed by atoms with Gasteiger partial charge in [-0.2, -0.15) is 9.40 Å². The first-order valence-electron chi connectivity index (χ1n) is 14.3. The van der Waals surface area contributed by atoms with Gasteiger partial charge < -0.3 is 0 Å². The molecule has 43 heavy (non-hydrogen) atoms. The average molecular weight is 617 g/mol. The lowest BCUT2D eigenvalue weighted by molar-refractivity contribution is 0.209. The Morgan fingerprint density at radius 3 is 2.16 bits per heavy atom. The molecule has 2 aliphatic rings. The highest BCUT2D eigenvalue weighted by atomic mass is 32.2. The van der Waals surface area contributed by atoms with Gasteiger partial charge in [-0.3, -0.25) is 0 Å². The first-order chi connectivity index (χ1) is 20.3. The molecule has 8 nitrogen and oxygen atoms in total. The number of piperidine rings is 1. The quantitative estimate of drug-likeness (QED) is 0.325. The molecule has 1 saturated heterocycles. The zero-order chi connectivity index (χ0) is 30.6. The van der Waals surface area contributed by atoms with E-state index in [2.05, 4.69) is 44.1 Å². The van der Waals surface area contributed by atoms with Crippen LogP contribution in [0.15, 0.2) is 100 Å². The monoisotopic (exact) mass is 616 g/mol. The highest BCUT2D eigenvalue weighted by Gasteiger charge is 2.46. The lowest BCUT2D eigenvalue weighted by atomic mass is 9.66. The molecule has 224 valence electrons. The van der Waals surface area contributed by atoms with E-state index in [1.54, 1.807) is 28.6 Å². The zero-order valence-corrected chi connectivity index (χ0v) is 26.2. The number of hydrogen-bond acceptors (Lipinski definition) is 5. The number of hydrogen-bond donors (Lipinski definition) is 1. The summed E-state index contributed by atoms with van der Waals surface area (Å²) in [6.07, 6.45) is 5.92. The third-order valence-corrected chi connectivity index (χ3v) is 11.5. The Morgan fingerprint density at radius 2 is 1.53 bits per heavy atom. The third-order valence-electron chi connectivity index (χ3n) is 8.67. The van der Waals surface area contributed by atoms with Crippen LogP contribution >= 0.6 is 0 Å². The van der Waals surface area contributed by atoms with Gasteiger partial charge in [0.15, 0.2) is 0 Å². The molecule has 3 aromatic carbocycles. The number of sulfonamides is 2. The van der Waals surface area contributed by atoms with Gasteiger partial charge in [-0.15, -0.1) is 0 Å². The van der Waals surface area contributed by atoms with Crippen molar-refractivity contribution in [1.29, 1.82) is 0 Å². The second-order valence-electron chi connectivity index (χ2n) is 12.7. The summed E-state index contributed by atoms with van der Waals surface area (Å²) in [7, 11) is -7.51. The van der Waals surface area contributed by atoms with Gasteiger partial charge in [-0.05, 0) is 83.8 Å². The molecule has 6 rings (SSSR count). The van der Waals surface area contributed by atoms with E-state index >= 15 is 0 Å². The molecule has 0 spiro atoms. The number of primary sulfonamides is 1. The standard InChI is InChI=1S/C33H36N4O4S2/c1-32(2,3)26-9-13-30(14-10-26)43(40,41)36-18-17-27-19-31-25(21-33(27,23-36)20-24-7-5-4-6-8-24)22-35-37(31)28-11-15-29(16-12-28)42(34,38)39/h4-16,19,22H,17-18,20-21,23H2,1-3H3,(H2,34,38,39). The zero-order valence-electron chi connectivity index (χ0n) is 24.6. The van der Waals surface area contributed by atoms with Crippen molar-refractivity contribution in [3.05, 3.63) is 113 Å². The fraction of sp³-hybridized carbons (Fsp3) is 0.303. The van der Waals surface area contributed by atoms with E-state index in [-0.39, 0.29) is 10.3 Å². The molecule has 1 aromatic heterocycles. The molecule has 2 heterocycles. The van der Waals surface area contributed by atoms with Crippen molar-refractivity contribution in [2.24, 2.45) is 10.6 Å². The van der Waals surface area contributed by atoms with E-state index in [1.165, 1.54) is 17.7 Å². The largest absolute Gasteiger partial charge is 0.243 e. The van der Waals surface area contributed by atoms with Crippen molar-refractivity contribution in [2.75, 3.05) is 13.1 Å². The van der Waals surface area contributed by atoms with E-state index < -0.39 is 25.5 Å². The van der Waals surface area contributed by atoms with Crippen LogP contribution in [0.1, 0.15) is 49.6 Å². The number of aromatic nitrogens is 2. The summed E-state index contributed by atoms with van der Waals surface area (Å²) >= 11 is 0. The van der Waals surface area contributed by atoms with Crippen molar-refractivity contribution < 1.29 is 16.8 Å². The van der Waals surface area contributed by atoms with E-state index in [1.807, 2.05) is 41.2 Å². The Hall–Kier alpha value is -3.57. The molecule has 0 bridgehead atoms. The van der Waals surface area contributed by atoms with Gasteiger partial charge in [0.2, 0.25) is 20.0 Å². The van der Waals surface area contributed by atoms with Crippen LogP contribution in [0.2, 0.25) is 0 Å². The number of nitrogens with zero attached hydrogens (tertiary/aromatic N) is 3. The fourth-order valence-corrected chi connectivity index (χ4v) is 8.36. The molecule has 0 radical (unpaired) electrons. The normalized spacial score (nSPS) is 19.4. The van der Waals surface area contributed by atoms with Crippen molar-refractivity contribution in [1.82, 2.24) is 14.1 Å². The second kappa shape index (κ2) is 10.6. The van der Waals surface area contributed by atoms with E-state index in [9.17, 15) is 16.8 Å². The van der Waals surface area contributed by atoms with Crippen molar-refractivity contribution in [3.8, 4) is 5.69 Å². The third kappa shape index (κ3) is 5.60. The van der Waals surface area contributed by atoms with Crippen LogP contribution in [-0.4, -0.2) is 44.0 Å². The van der Waals surface area contributed by atoms with Crippen LogP contribution in [0.3, 0.4) is 0 Å². The predicted molar refractivity (Wildman–Crippen MR) is 168 cm³/mol. The highest BCUT2D eigenvalue weighted by molar-refractivity contribution is 7.89. The lowest BCUT2D eigenvalue weighted by Gasteiger charge is -2.46. The molecule has 10 heteroatoms. The molecule has 0 amide bonds. The van der Waals surface area contributed by atoms with Gasteiger partial charge in [0.25, 0.3) is 0 Å². The fourth-order valence-electron chi connectivity index (χ4n) is 6.32. The van der Waals surface area contributed by atoms with E-state index in [0.29, 0.717) is 37.2 Å². The number of rotatable bonds is 6. The second-order valence-corrected chi connectivity index (χ2v) is 16.2. The number of nitrogens with two attached hydrogens (primary N) is 1. The SMILES string of the molecule is CC(C)(C)c1ccc(S(=O)(=O)N2CCC3=Cc4c(cnn4-c4ccc(S(N)(=O)=O)cc4)CC3(Cc3ccccc3)C2)cc1. The molecular formula is C33H36N4O4S2. The summed E-state index contributed by atoms with van der Waals surface area (Å²) in [6.45, 7) is 7.09. The summed E-state index contributed by atoms with van der Waals surface area (Å²) in [5, 5.41) is 9.94. The first kappa shape index (κ1) is 29.5. The Morgan fingerprint density at radius 1 is 0.884 bits per heavy atom. The number of benzene rings is 3. The smallest absolute Gasteiger partial charge is 0.233 e. The average Bonchev–Trinajstić information content (AvgIpc) is 3.37. The van der Waals surface area contributed by atoms with Gasteiger partial charge in [0.1, 0.15) is 0 Å². The molecule has 2 N–H and O–H groups in total. The Labute approximate surface area is 254 Å². The van der Waals surface area contributed by atoms with Crippen LogP contribution in [0.4, 0.5) is 0 Å². The summed E-state index contributed by atoms with van der Waals surface area (Å²) in [5.41, 5.74) is 5.60. The molecule has 1 unspecified atom stereocenters. The molecule has 4 aromatic rings. The van der Waals surface area contributed by atoms with Crippen molar-refractivity contribution >= 4 is 26.1 Å². The van der Waals surface area contributed by atoms with Crippen LogP contribution in [0, 0.1) is 5.41 Å². The minimum absolute atomic E-state index is 0.0409. The van der Waals surface area contributed by atoms with Gasteiger partial charge in [-0.25, -0.2) is 26.7 Å². The maximum absolute atomic E-state index is 14.0. The molecular weight excluding hydrogens is 581 g/mol. The van der Waals surface area contributed by atoms with Crippen LogP contribution in [0.5, 0.6) is 0 Å². The van der Waals surface area contributed by atoms with Crippen LogP contribution < -0.4 is 5.14 Å². The summed E-state index contributed by atoms with van der Waals surface area (Å²) in [4.78, 5) is 0.356. The molecule has 0 saturated carbocycles. The van der Waals surface area contributed by atoms with Gasteiger partial charge in [-0.1, -0.05) is 68.8 Å². The van der Waals surface area contributed by atoms with E-state index in [4.69, 9.17) is 5.14 Å². The summed E-state index contributed by atoms with van der Waals surface area (Å²) in [6, 6.07) is 23.8. The molecule has 1 aliphatic carbocycles. The van der Waals surface area contributed by atoms with Crippen molar-refractivity contribution in [2.45, 2.75) is 55.2 Å². The minimum Gasteiger partial charge on any atom is -0.233 e. The van der Waals surface area contributed by atoms with Gasteiger partial charge in [0, 0.05) is 18.5 Å². The number of fused-ring (bicyclic) bond motifs is 2. The highest BCUT2D eigenvalue weighted by Crippen LogP contribution is 2.47. The van der Waals surface area contributed by atoms with Gasteiger partial charge in [0.05, 0.1) is 27.4 Å². The molecule has 1 aliphatic heterocycles. The summed E-state index contributed by atoms with van der Waals surface area (Å²) in [5.74, 6) is 0. The molecule has 1 fully saturated rings. The minimum atomic E-state index is -3.80. The maximum Gasteiger partial charge on any atom is 0.243 e. The van der Waals surface area contributed by atoms with E-state index in [0.717, 1.165) is 28.1 Å². The lowest BCUT2D eigenvalue weighted by Crippen LogP contribution is -2.50. The molecule has 1 atom stereocenters. The van der Waals surface area contributed by atoms with Crippen LogP contribution in [0.25, 0.3) is 11.8 Å². The van der Waals surface area contributed by atoms with Crippen LogP contribution in [-0.2, 0) is 38.3 Å². The Balaban J connectivity index is 1.37. The predicted octanol–water partition coefficient (Wildman–Crippen LogP) is 5.08. The Bertz CT molecular complexity index is 1910. The summed E-state index contributed by atoms with van der Waals surface area (Å²) < 4.78 is 54.9. The van der Waals surface area contributed by atoms with Crippen molar-refractivity contribution in [3.63, 3.8) is 0 Å².